The number of hydrogen-bond donors (Lipinski definition) is 1. The van der Waals surface area contributed by atoms with Crippen LogP contribution in [0.15, 0.2) is 40.5 Å². The summed E-state index contributed by atoms with van der Waals surface area (Å²) in [5, 5.41) is 12.8. The summed E-state index contributed by atoms with van der Waals surface area (Å²) in [5.41, 5.74) is 0.496. The fraction of sp³-hybridized carbons (Fsp3) is 0.357. The molecular formula is C14H18N2O2S. The third-order valence-corrected chi connectivity index (χ3v) is 3.07. The predicted octanol–water partition coefficient (Wildman–Crippen LogP) is 3.26. The molecule has 0 unspecified atom stereocenters. The molecule has 0 amide bonds. The van der Waals surface area contributed by atoms with Crippen LogP contribution in [0.25, 0.3) is 0 Å². The van der Waals surface area contributed by atoms with Crippen LogP contribution in [0.3, 0.4) is 0 Å². The minimum absolute atomic E-state index is 0.00625. The van der Waals surface area contributed by atoms with E-state index in [0.717, 1.165) is 5.75 Å². The molecule has 1 rings (SSSR count). The molecule has 0 radical (unpaired) electrons. The van der Waals surface area contributed by atoms with Crippen LogP contribution in [0.4, 0.5) is 0 Å². The zero-order valence-electron chi connectivity index (χ0n) is 11.3. The van der Waals surface area contributed by atoms with Gasteiger partial charge in [0.2, 0.25) is 5.78 Å². The minimum atomic E-state index is -0.316. The van der Waals surface area contributed by atoms with Gasteiger partial charge in [-0.15, -0.1) is 11.8 Å². The molecule has 0 saturated carbocycles. The second-order valence-electron chi connectivity index (χ2n) is 4.10. The van der Waals surface area contributed by atoms with E-state index in [0.29, 0.717) is 10.6 Å². The van der Waals surface area contributed by atoms with Gasteiger partial charge in [0.05, 0.1) is 0 Å². The Hall–Kier alpha value is -1.62. The Morgan fingerprint density at radius 3 is 2.42 bits per heavy atom. The molecule has 5 heteroatoms. The van der Waals surface area contributed by atoms with Crippen molar-refractivity contribution in [1.82, 2.24) is 0 Å². The molecule has 1 aromatic carbocycles. The molecule has 1 N–H and O–H groups in total. The third kappa shape index (κ3) is 4.52. The standard InChI is InChI=1S/C14H18N2O2S/c1-4-19-14(15-10(2)3)12(16-18)13(17)11-8-6-5-7-9-11/h5-10,18H,4H2,1-3H3/b15-14?,16-12+. The van der Waals surface area contributed by atoms with Crippen LogP contribution >= 0.6 is 11.8 Å². The van der Waals surface area contributed by atoms with Crippen LogP contribution in [0.5, 0.6) is 0 Å². The molecule has 0 bridgehead atoms. The van der Waals surface area contributed by atoms with E-state index in [2.05, 4.69) is 10.1 Å². The second-order valence-corrected chi connectivity index (χ2v) is 5.36. The van der Waals surface area contributed by atoms with Crippen LogP contribution in [0.2, 0.25) is 0 Å². The van der Waals surface area contributed by atoms with Crippen molar-refractivity contribution in [3.05, 3.63) is 35.9 Å². The number of thioether (sulfide) groups is 1. The molecule has 1 aromatic rings. The molecule has 0 atom stereocenters. The van der Waals surface area contributed by atoms with Gasteiger partial charge in [0.1, 0.15) is 5.04 Å². The van der Waals surface area contributed by atoms with Gasteiger partial charge >= 0.3 is 0 Å². The lowest BCUT2D eigenvalue weighted by molar-refractivity contribution is 0.106. The van der Waals surface area contributed by atoms with Gasteiger partial charge in [-0.05, 0) is 19.6 Å². The van der Waals surface area contributed by atoms with Crippen molar-refractivity contribution in [2.75, 3.05) is 5.75 Å². The quantitative estimate of drug-likeness (QED) is 0.296. The van der Waals surface area contributed by atoms with Crippen molar-refractivity contribution >= 4 is 28.3 Å². The predicted molar refractivity (Wildman–Crippen MR) is 80.7 cm³/mol. The average molecular weight is 278 g/mol. The average Bonchev–Trinajstić information content (AvgIpc) is 2.40. The van der Waals surface area contributed by atoms with Gasteiger partial charge in [0.25, 0.3) is 0 Å². The number of Topliss-reactive ketones (excluding diaryl/α,β-unsaturated/α-hetero) is 1. The van der Waals surface area contributed by atoms with Crippen molar-refractivity contribution in [3.63, 3.8) is 0 Å². The SMILES string of the molecule is CCSC(=NC(C)C)/C(=N/O)C(=O)c1ccccc1. The summed E-state index contributed by atoms with van der Waals surface area (Å²) in [5.74, 6) is 0.440. The molecule has 0 saturated heterocycles. The van der Waals surface area contributed by atoms with E-state index in [1.807, 2.05) is 26.8 Å². The summed E-state index contributed by atoms with van der Waals surface area (Å²) in [6.07, 6.45) is 0. The number of oxime groups is 1. The number of nitrogens with zero attached hydrogens (tertiary/aromatic N) is 2. The molecule has 19 heavy (non-hydrogen) atoms. The van der Waals surface area contributed by atoms with Crippen molar-refractivity contribution in [3.8, 4) is 0 Å². The van der Waals surface area contributed by atoms with E-state index < -0.39 is 0 Å². The summed E-state index contributed by atoms with van der Waals surface area (Å²) in [4.78, 5) is 16.6. The highest BCUT2D eigenvalue weighted by Gasteiger charge is 2.21. The Labute approximate surface area is 117 Å². The van der Waals surface area contributed by atoms with Crippen LogP contribution in [0.1, 0.15) is 31.1 Å². The van der Waals surface area contributed by atoms with Crippen LogP contribution in [0, 0.1) is 0 Å². The zero-order chi connectivity index (χ0) is 14.3. The molecule has 0 aliphatic carbocycles. The Morgan fingerprint density at radius 2 is 1.95 bits per heavy atom. The summed E-state index contributed by atoms with van der Waals surface area (Å²) in [7, 11) is 0. The van der Waals surface area contributed by atoms with E-state index in [1.54, 1.807) is 24.3 Å². The number of benzene rings is 1. The number of carbonyl (C=O) groups is 1. The van der Waals surface area contributed by atoms with E-state index in [9.17, 15) is 4.79 Å². The van der Waals surface area contributed by atoms with E-state index >= 15 is 0 Å². The van der Waals surface area contributed by atoms with E-state index in [-0.39, 0.29) is 17.5 Å². The highest BCUT2D eigenvalue weighted by molar-refractivity contribution is 8.16. The van der Waals surface area contributed by atoms with Gasteiger partial charge in [-0.1, -0.05) is 42.4 Å². The van der Waals surface area contributed by atoms with E-state index in [1.165, 1.54) is 11.8 Å². The van der Waals surface area contributed by atoms with E-state index in [4.69, 9.17) is 5.21 Å². The minimum Gasteiger partial charge on any atom is -0.410 e. The maximum Gasteiger partial charge on any atom is 0.217 e. The molecular weight excluding hydrogens is 260 g/mol. The Bertz CT molecular complexity index is 481. The lowest BCUT2D eigenvalue weighted by Crippen LogP contribution is -2.23. The number of rotatable bonds is 5. The second kappa shape index (κ2) is 7.74. The van der Waals surface area contributed by atoms with Crippen molar-refractivity contribution in [2.45, 2.75) is 26.8 Å². The van der Waals surface area contributed by atoms with Gasteiger partial charge in [-0.2, -0.15) is 0 Å². The smallest absolute Gasteiger partial charge is 0.217 e. The number of hydrogen-bond acceptors (Lipinski definition) is 5. The van der Waals surface area contributed by atoms with Gasteiger partial charge in [0, 0.05) is 11.6 Å². The molecule has 0 heterocycles. The highest BCUT2D eigenvalue weighted by Crippen LogP contribution is 2.12. The molecule has 0 aliphatic heterocycles. The number of aliphatic imine (C=N–C) groups is 1. The van der Waals surface area contributed by atoms with Crippen LogP contribution < -0.4 is 0 Å². The first-order valence-electron chi connectivity index (χ1n) is 6.12. The lowest BCUT2D eigenvalue weighted by Gasteiger charge is -2.08. The first-order chi connectivity index (χ1) is 9.10. The van der Waals surface area contributed by atoms with Crippen molar-refractivity contribution in [2.24, 2.45) is 10.1 Å². The third-order valence-electron chi connectivity index (χ3n) is 2.21. The monoisotopic (exact) mass is 278 g/mol. The maximum absolute atomic E-state index is 12.3. The molecule has 0 aromatic heterocycles. The van der Waals surface area contributed by atoms with Gasteiger partial charge < -0.3 is 5.21 Å². The first-order valence-corrected chi connectivity index (χ1v) is 7.11. The Kier molecular flexibility index (Phi) is 6.29. The van der Waals surface area contributed by atoms with Crippen molar-refractivity contribution < 1.29 is 10.0 Å². The maximum atomic E-state index is 12.3. The largest absolute Gasteiger partial charge is 0.410 e. The summed E-state index contributed by atoms with van der Waals surface area (Å²) in [6, 6.07) is 8.79. The molecule has 0 spiro atoms. The number of ketones is 1. The Balaban J connectivity index is 3.09. The zero-order valence-corrected chi connectivity index (χ0v) is 12.1. The summed E-state index contributed by atoms with van der Waals surface area (Å²) >= 11 is 1.40. The molecule has 102 valence electrons. The number of carbonyl (C=O) groups excluding carboxylic acids is 1. The van der Waals surface area contributed by atoms with Crippen molar-refractivity contribution in [1.29, 1.82) is 0 Å². The molecule has 0 fully saturated rings. The fourth-order valence-corrected chi connectivity index (χ4v) is 2.28. The fourth-order valence-electron chi connectivity index (χ4n) is 1.45. The van der Waals surface area contributed by atoms with Gasteiger partial charge in [0.15, 0.2) is 5.71 Å². The topological polar surface area (TPSA) is 62.0 Å². The Morgan fingerprint density at radius 1 is 1.32 bits per heavy atom. The van der Waals surface area contributed by atoms with Gasteiger partial charge in [-0.3, -0.25) is 9.79 Å². The highest BCUT2D eigenvalue weighted by atomic mass is 32.2. The normalized spacial score (nSPS) is 12.8. The first kappa shape index (κ1) is 15.4. The van der Waals surface area contributed by atoms with Gasteiger partial charge in [-0.25, -0.2) is 0 Å². The summed E-state index contributed by atoms with van der Waals surface area (Å²) in [6.45, 7) is 5.79. The molecule has 4 nitrogen and oxygen atoms in total. The van der Waals surface area contributed by atoms with Crippen LogP contribution in [-0.4, -0.2) is 33.5 Å². The van der Waals surface area contributed by atoms with Crippen LogP contribution in [-0.2, 0) is 0 Å². The molecule has 0 aliphatic rings. The summed E-state index contributed by atoms with van der Waals surface area (Å²) < 4.78 is 0. The lowest BCUT2D eigenvalue weighted by atomic mass is 10.1.